The van der Waals surface area contributed by atoms with Crippen molar-refractivity contribution in [2.75, 3.05) is 13.2 Å². The Bertz CT molecular complexity index is 631. The van der Waals surface area contributed by atoms with Gasteiger partial charge >= 0.3 is 0 Å². The van der Waals surface area contributed by atoms with Crippen LogP contribution in [0.4, 0.5) is 0 Å². The van der Waals surface area contributed by atoms with E-state index in [1.807, 2.05) is 6.20 Å². The Labute approximate surface area is 132 Å². The van der Waals surface area contributed by atoms with E-state index in [1.54, 1.807) is 0 Å². The van der Waals surface area contributed by atoms with Crippen LogP contribution in [-0.2, 0) is 11.2 Å². The third kappa shape index (κ3) is 2.88. The molecule has 3 nitrogen and oxygen atoms in total. The van der Waals surface area contributed by atoms with Gasteiger partial charge in [-0.2, -0.15) is 0 Å². The lowest BCUT2D eigenvalue weighted by Crippen LogP contribution is -2.42. The number of pyridine rings is 1. The van der Waals surface area contributed by atoms with Gasteiger partial charge in [-0.15, -0.1) is 0 Å². The monoisotopic (exact) mass is 296 g/mol. The molecule has 1 aromatic heterocycles. The van der Waals surface area contributed by atoms with Gasteiger partial charge < -0.3 is 10.1 Å². The second-order valence-electron chi connectivity index (χ2n) is 6.74. The molecule has 0 radical (unpaired) electrons. The fourth-order valence-corrected chi connectivity index (χ4v) is 3.99. The van der Waals surface area contributed by atoms with Gasteiger partial charge in [0.2, 0.25) is 0 Å². The fraction of sp³-hybridized carbons (Fsp3) is 0.526. The molecule has 4 rings (SSSR count). The van der Waals surface area contributed by atoms with Gasteiger partial charge in [0.05, 0.1) is 18.7 Å². The quantitative estimate of drug-likeness (QED) is 0.940. The molecule has 1 N–H and O–H groups in total. The van der Waals surface area contributed by atoms with E-state index in [-0.39, 0.29) is 0 Å². The lowest BCUT2D eigenvalue weighted by Gasteiger charge is -2.23. The highest BCUT2D eigenvalue weighted by atomic mass is 16.5. The average molecular weight is 296 g/mol. The molecule has 0 bridgehead atoms. The molecule has 2 atom stereocenters. The molecule has 1 saturated carbocycles. The lowest BCUT2D eigenvalue weighted by atomic mass is 9.92. The molecule has 0 amide bonds. The predicted molar refractivity (Wildman–Crippen MR) is 88.9 cm³/mol. The number of nitrogens with zero attached hydrogens (tertiary/aromatic N) is 1. The Kier molecular flexibility index (Phi) is 4.09. The topological polar surface area (TPSA) is 34.1 Å². The molecule has 22 heavy (non-hydrogen) atoms. The van der Waals surface area contributed by atoms with Crippen molar-refractivity contribution >= 4 is 10.9 Å². The molecule has 1 aliphatic carbocycles. The van der Waals surface area contributed by atoms with Crippen molar-refractivity contribution in [3.8, 4) is 0 Å². The second-order valence-corrected chi connectivity index (χ2v) is 6.74. The molecule has 0 unspecified atom stereocenters. The van der Waals surface area contributed by atoms with Crippen molar-refractivity contribution in [2.45, 2.75) is 44.2 Å². The molecule has 1 aromatic carbocycles. The lowest BCUT2D eigenvalue weighted by molar-refractivity contribution is 0.181. The van der Waals surface area contributed by atoms with Crippen LogP contribution in [0.1, 0.15) is 31.2 Å². The first-order valence-electron chi connectivity index (χ1n) is 8.56. The number of ether oxygens (including phenoxy) is 1. The van der Waals surface area contributed by atoms with Crippen molar-refractivity contribution in [1.82, 2.24) is 10.3 Å². The molecule has 0 spiro atoms. The van der Waals surface area contributed by atoms with Crippen LogP contribution in [0.2, 0.25) is 0 Å². The molecule has 2 aliphatic rings. The number of nitrogens with one attached hydrogen (secondary N) is 1. The zero-order valence-corrected chi connectivity index (χ0v) is 13.0. The van der Waals surface area contributed by atoms with E-state index in [1.165, 1.54) is 36.6 Å². The Morgan fingerprint density at radius 1 is 1.09 bits per heavy atom. The molecule has 116 valence electrons. The summed E-state index contributed by atoms with van der Waals surface area (Å²) in [5, 5.41) is 5.14. The van der Waals surface area contributed by atoms with E-state index in [4.69, 9.17) is 4.74 Å². The Morgan fingerprint density at radius 2 is 1.95 bits per heavy atom. The first kappa shape index (κ1) is 14.2. The Balaban J connectivity index is 1.51. The van der Waals surface area contributed by atoms with Crippen LogP contribution >= 0.6 is 0 Å². The Hall–Kier alpha value is -1.45. The number of benzene rings is 1. The first-order chi connectivity index (χ1) is 10.9. The van der Waals surface area contributed by atoms with E-state index in [0.717, 1.165) is 25.2 Å². The van der Waals surface area contributed by atoms with Gasteiger partial charge in [-0.1, -0.05) is 31.0 Å². The molecule has 2 heterocycles. The normalized spacial score (nSPS) is 26.0. The molecular weight excluding hydrogens is 272 g/mol. The van der Waals surface area contributed by atoms with E-state index in [9.17, 15) is 0 Å². The summed E-state index contributed by atoms with van der Waals surface area (Å²) in [5.41, 5.74) is 2.50. The molecule has 1 saturated heterocycles. The van der Waals surface area contributed by atoms with Crippen LogP contribution in [0.5, 0.6) is 0 Å². The maximum atomic E-state index is 5.79. The summed E-state index contributed by atoms with van der Waals surface area (Å²) in [6.45, 7) is 1.74. The van der Waals surface area contributed by atoms with E-state index >= 15 is 0 Å². The molecule has 3 heteroatoms. The average Bonchev–Trinajstić information content (AvgIpc) is 3.21. The van der Waals surface area contributed by atoms with Gasteiger partial charge in [0.1, 0.15) is 0 Å². The van der Waals surface area contributed by atoms with E-state index in [0.29, 0.717) is 18.0 Å². The first-order valence-corrected chi connectivity index (χ1v) is 8.56. The zero-order valence-electron chi connectivity index (χ0n) is 13.0. The third-order valence-electron chi connectivity index (χ3n) is 5.22. The maximum absolute atomic E-state index is 5.79. The van der Waals surface area contributed by atoms with Crippen LogP contribution < -0.4 is 5.32 Å². The van der Waals surface area contributed by atoms with Crippen LogP contribution in [0.25, 0.3) is 10.9 Å². The number of fused-ring (bicyclic) bond motifs is 1. The standard InChI is InChI=1S/C19H24N2O/c1-2-6-16(5-1)21-19-13-22-12-15(19)11-14-9-10-20-18-8-4-3-7-17(14)18/h3-4,7-10,15-16,19,21H,1-2,5-6,11-13H2/t15-,19-/m1/s1. The number of hydrogen-bond acceptors (Lipinski definition) is 3. The zero-order chi connectivity index (χ0) is 14.8. The van der Waals surface area contributed by atoms with Crippen LogP contribution in [0.3, 0.4) is 0 Å². The van der Waals surface area contributed by atoms with Gasteiger partial charge in [0, 0.05) is 29.6 Å². The van der Waals surface area contributed by atoms with Crippen molar-refractivity contribution in [2.24, 2.45) is 5.92 Å². The summed E-state index contributed by atoms with van der Waals surface area (Å²) >= 11 is 0. The minimum Gasteiger partial charge on any atom is -0.379 e. The minimum atomic E-state index is 0.509. The summed E-state index contributed by atoms with van der Waals surface area (Å²) in [5.74, 6) is 0.575. The number of para-hydroxylation sites is 1. The number of hydrogen-bond donors (Lipinski definition) is 1. The van der Waals surface area contributed by atoms with Crippen molar-refractivity contribution in [1.29, 1.82) is 0 Å². The summed E-state index contributed by atoms with van der Waals surface area (Å²) in [4.78, 5) is 4.47. The SMILES string of the molecule is c1ccc2c(C[C@@H]3COC[C@H]3NC3CCCC3)ccnc2c1. The highest BCUT2D eigenvalue weighted by molar-refractivity contribution is 5.81. The summed E-state index contributed by atoms with van der Waals surface area (Å²) in [6, 6.07) is 11.8. The maximum Gasteiger partial charge on any atom is 0.0704 e. The van der Waals surface area contributed by atoms with Crippen molar-refractivity contribution < 1.29 is 4.74 Å². The molecule has 2 fully saturated rings. The molecular formula is C19H24N2O. The Morgan fingerprint density at radius 3 is 2.86 bits per heavy atom. The van der Waals surface area contributed by atoms with E-state index < -0.39 is 0 Å². The number of rotatable bonds is 4. The van der Waals surface area contributed by atoms with Crippen LogP contribution in [0, 0.1) is 5.92 Å². The summed E-state index contributed by atoms with van der Waals surface area (Å²) in [7, 11) is 0. The smallest absolute Gasteiger partial charge is 0.0704 e. The predicted octanol–water partition coefficient (Wildman–Crippen LogP) is 3.32. The fourth-order valence-electron chi connectivity index (χ4n) is 3.99. The highest BCUT2D eigenvalue weighted by Gasteiger charge is 2.31. The van der Waals surface area contributed by atoms with E-state index in [2.05, 4.69) is 40.6 Å². The van der Waals surface area contributed by atoms with Gasteiger partial charge in [0.25, 0.3) is 0 Å². The molecule has 1 aliphatic heterocycles. The second kappa shape index (κ2) is 6.35. The number of aromatic nitrogens is 1. The summed E-state index contributed by atoms with van der Waals surface area (Å²) in [6.07, 6.45) is 8.44. The van der Waals surface area contributed by atoms with Crippen LogP contribution in [-0.4, -0.2) is 30.3 Å². The third-order valence-corrected chi connectivity index (χ3v) is 5.22. The van der Waals surface area contributed by atoms with Crippen molar-refractivity contribution in [3.05, 3.63) is 42.1 Å². The van der Waals surface area contributed by atoms with Gasteiger partial charge in [0.15, 0.2) is 0 Å². The van der Waals surface area contributed by atoms with Gasteiger partial charge in [-0.05, 0) is 37.0 Å². The largest absolute Gasteiger partial charge is 0.379 e. The van der Waals surface area contributed by atoms with Crippen LogP contribution in [0.15, 0.2) is 36.5 Å². The minimum absolute atomic E-state index is 0.509. The highest BCUT2D eigenvalue weighted by Crippen LogP contribution is 2.26. The van der Waals surface area contributed by atoms with Gasteiger partial charge in [-0.25, -0.2) is 0 Å². The van der Waals surface area contributed by atoms with Crippen molar-refractivity contribution in [3.63, 3.8) is 0 Å². The molecule has 2 aromatic rings. The summed E-state index contributed by atoms with van der Waals surface area (Å²) < 4.78 is 5.79. The van der Waals surface area contributed by atoms with Gasteiger partial charge in [-0.3, -0.25) is 4.98 Å².